The fraction of sp³-hybridized carbons (Fsp3) is 0.172. The number of fused-ring (bicyclic) bond motifs is 2. The highest BCUT2D eigenvalue weighted by molar-refractivity contribution is 9.10. The van der Waals surface area contributed by atoms with E-state index in [0.29, 0.717) is 27.8 Å². The average Bonchev–Trinajstić information content (AvgIpc) is 3.36. The lowest BCUT2D eigenvalue weighted by Gasteiger charge is -2.17. The van der Waals surface area contributed by atoms with Crippen LogP contribution >= 0.6 is 27.5 Å². The van der Waals surface area contributed by atoms with Crippen LogP contribution in [0.15, 0.2) is 79.4 Å². The van der Waals surface area contributed by atoms with Gasteiger partial charge in [0.2, 0.25) is 5.82 Å². The number of rotatable bonds is 8. The molecule has 0 aliphatic carbocycles. The molecule has 0 saturated carbocycles. The first-order valence-electron chi connectivity index (χ1n) is 12.3. The summed E-state index contributed by atoms with van der Waals surface area (Å²) in [5.41, 5.74) is 1.29. The van der Waals surface area contributed by atoms with Gasteiger partial charge in [0.15, 0.2) is 23.4 Å². The van der Waals surface area contributed by atoms with Crippen LogP contribution in [0.2, 0.25) is 5.02 Å². The minimum atomic E-state index is -0.903. The Balaban J connectivity index is 1.58. The molecule has 2 heterocycles. The van der Waals surface area contributed by atoms with Crippen LogP contribution in [0.5, 0.6) is 11.5 Å². The second kappa shape index (κ2) is 11.5. The maximum atomic E-state index is 13.5. The third-order valence-corrected chi connectivity index (χ3v) is 6.71. The Labute approximate surface area is 242 Å². The lowest BCUT2D eigenvalue weighted by molar-refractivity contribution is -0.150. The minimum Gasteiger partial charge on any atom is -0.493 e. The third-order valence-electron chi connectivity index (χ3n) is 5.94. The maximum Gasteiger partial charge on any atom is 0.347 e. The molecule has 11 heteroatoms. The predicted molar refractivity (Wildman–Crippen MR) is 157 cm³/mol. The zero-order chi connectivity index (χ0) is 28.4. The molecule has 0 bridgehead atoms. The first-order valence-corrected chi connectivity index (χ1v) is 13.4. The highest BCUT2D eigenvalue weighted by atomic mass is 79.9. The van der Waals surface area contributed by atoms with Crippen molar-refractivity contribution in [2.75, 3.05) is 13.7 Å². The summed E-state index contributed by atoms with van der Waals surface area (Å²) in [7, 11) is 1.45. The molecule has 0 radical (unpaired) electrons. The SMILES string of the molecule is CCOC(=O)[C@H](C)Oc1c(Cl)cc(C=Nn2c(-c3cc4cc(Br)ccc4o3)nc3ccccc3c2=O)cc1OC. The van der Waals surface area contributed by atoms with Gasteiger partial charge >= 0.3 is 5.97 Å². The number of furan rings is 1. The zero-order valence-electron chi connectivity index (χ0n) is 21.7. The highest BCUT2D eigenvalue weighted by Gasteiger charge is 2.21. The Morgan fingerprint density at radius 3 is 2.77 bits per heavy atom. The summed E-state index contributed by atoms with van der Waals surface area (Å²) < 4.78 is 24.3. The Bertz CT molecular complexity index is 1830. The van der Waals surface area contributed by atoms with E-state index in [-0.39, 0.29) is 34.5 Å². The molecule has 1 atom stereocenters. The first kappa shape index (κ1) is 27.4. The van der Waals surface area contributed by atoms with Crippen LogP contribution < -0.4 is 15.0 Å². The van der Waals surface area contributed by atoms with Gasteiger partial charge in [0.05, 0.1) is 35.9 Å². The minimum absolute atomic E-state index is 0.181. The Morgan fingerprint density at radius 2 is 2.00 bits per heavy atom. The molecule has 5 aromatic rings. The fourth-order valence-corrected chi connectivity index (χ4v) is 4.69. The topological polar surface area (TPSA) is 105 Å². The summed E-state index contributed by atoms with van der Waals surface area (Å²) in [5, 5.41) is 5.89. The normalized spacial score (nSPS) is 12.2. The molecule has 0 N–H and O–H groups in total. The fourth-order valence-electron chi connectivity index (χ4n) is 4.05. The number of benzene rings is 3. The lowest BCUT2D eigenvalue weighted by Crippen LogP contribution is -2.26. The van der Waals surface area contributed by atoms with Crippen LogP contribution in [0.4, 0.5) is 0 Å². The predicted octanol–water partition coefficient (Wildman–Crippen LogP) is 6.45. The van der Waals surface area contributed by atoms with Crippen molar-refractivity contribution in [3.8, 4) is 23.1 Å². The van der Waals surface area contributed by atoms with E-state index in [1.165, 1.54) is 18.0 Å². The zero-order valence-corrected chi connectivity index (χ0v) is 24.0. The van der Waals surface area contributed by atoms with Crippen molar-refractivity contribution in [2.24, 2.45) is 5.10 Å². The van der Waals surface area contributed by atoms with Crippen LogP contribution in [0.1, 0.15) is 19.4 Å². The van der Waals surface area contributed by atoms with Crippen LogP contribution in [-0.2, 0) is 9.53 Å². The monoisotopic (exact) mass is 623 g/mol. The summed E-state index contributed by atoms with van der Waals surface area (Å²) in [6.07, 6.45) is 0.549. The summed E-state index contributed by atoms with van der Waals surface area (Å²) in [4.78, 5) is 30.3. The smallest absolute Gasteiger partial charge is 0.347 e. The van der Waals surface area contributed by atoms with E-state index in [9.17, 15) is 9.59 Å². The van der Waals surface area contributed by atoms with E-state index in [0.717, 1.165) is 9.86 Å². The van der Waals surface area contributed by atoms with Crippen molar-refractivity contribution in [3.63, 3.8) is 0 Å². The van der Waals surface area contributed by atoms with E-state index in [1.54, 1.807) is 50.2 Å². The molecule has 0 aliphatic rings. The molecule has 0 amide bonds. The van der Waals surface area contributed by atoms with Gasteiger partial charge in [-0.1, -0.05) is 39.7 Å². The molecule has 0 fully saturated rings. The van der Waals surface area contributed by atoms with Crippen molar-refractivity contribution >= 4 is 61.6 Å². The lowest BCUT2D eigenvalue weighted by atomic mass is 10.2. The van der Waals surface area contributed by atoms with Gasteiger partial charge in [0.1, 0.15) is 5.58 Å². The van der Waals surface area contributed by atoms with Crippen molar-refractivity contribution in [2.45, 2.75) is 20.0 Å². The van der Waals surface area contributed by atoms with Crippen LogP contribution in [-0.4, -0.2) is 41.7 Å². The molecule has 204 valence electrons. The molecule has 0 spiro atoms. The molecule has 0 aliphatic heterocycles. The second-order valence-electron chi connectivity index (χ2n) is 8.65. The van der Waals surface area contributed by atoms with Crippen molar-refractivity contribution in [3.05, 3.63) is 86.1 Å². The standard InChI is InChI=1S/C29H23BrClN3O6/c1-4-38-29(36)16(2)39-26-21(31)11-17(12-24(26)37-3)15-32-34-27(33-22-8-6-5-7-20(22)28(34)35)25-14-18-13-19(30)9-10-23(18)40-25/h5-16H,4H2,1-3H3/t16-/m0/s1. The van der Waals surface area contributed by atoms with E-state index in [2.05, 4.69) is 21.0 Å². The number of para-hydroxylation sites is 1. The van der Waals surface area contributed by atoms with Gasteiger partial charge in [-0.25, -0.2) is 9.78 Å². The number of esters is 1. The van der Waals surface area contributed by atoms with E-state index in [4.69, 9.17) is 35.2 Å². The average molecular weight is 625 g/mol. The van der Waals surface area contributed by atoms with E-state index < -0.39 is 12.1 Å². The van der Waals surface area contributed by atoms with Crippen molar-refractivity contribution in [1.29, 1.82) is 0 Å². The number of nitrogens with zero attached hydrogens (tertiary/aromatic N) is 3. The van der Waals surface area contributed by atoms with E-state index >= 15 is 0 Å². The summed E-state index contributed by atoms with van der Waals surface area (Å²) >= 11 is 9.96. The van der Waals surface area contributed by atoms with Crippen LogP contribution in [0.3, 0.4) is 0 Å². The summed E-state index contributed by atoms with van der Waals surface area (Å²) in [6.45, 7) is 3.49. The third kappa shape index (κ3) is 5.45. The Kier molecular flexibility index (Phi) is 7.90. The molecule has 40 heavy (non-hydrogen) atoms. The number of carbonyl (C=O) groups is 1. The second-order valence-corrected chi connectivity index (χ2v) is 9.98. The summed E-state index contributed by atoms with van der Waals surface area (Å²) in [5.74, 6) is 0.534. The van der Waals surface area contributed by atoms with Crippen LogP contribution in [0, 0.1) is 0 Å². The van der Waals surface area contributed by atoms with Crippen molar-refractivity contribution < 1.29 is 23.4 Å². The van der Waals surface area contributed by atoms with Gasteiger partial charge in [0, 0.05) is 9.86 Å². The number of aromatic nitrogens is 2. The van der Waals surface area contributed by atoms with Gasteiger partial charge < -0.3 is 18.6 Å². The molecule has 0 saturated heterocycles. The number of carbonyl (C=O) groups excluding carboxylic acids is 1. The number of methoxy groups -OCH3 is 1. The number of hydrogen-bond donors (Lipinski definition) is 0. The highest BCUT2D eigenvalue weighted by Crippen LogP contribution is 2.37. The van der Waals surface area contributed by atoms with Gasteiger partial charge in [-0.3, -0.25) is 4.79 Å². The molecule has 0 unspecified atom stereocenters. The maximum absolute atomic E-state index is 13.5. The number of hydrogen-bond acceptors (Lipinski definition) is 8. The molecule has 3 aromatic carbocycles. The molecular formula is C29H23BrClN3O6. The Morgan fingerprint density at radius 1 is 1.20 bits per heavy atom. The van der Waals surface area contributed by atoms with Gasteiger partial charge in [0.25, 0.3) is 5.56 Å². The van der Waals surface area contributed by atoms with Crippen molar-refractivity contribution in [1.82, 2.24) is 9.66 Å². The summed E-state index contributed by atoms with van der Waals surface area (Å²) in [6, 6.07) is 17.6. The molecule has 2 aromatic heterocycles. The molecular weight excluding hydrogens is 602 g/mol. The van der Waals surface area contributed by atoms with E-state index in [1.807, 2.05) is 24.3 Å². The largest absolute Gasteiger partial charge is 0.493 e. The van der Waals surface area contributed by atoms with Gasteiger partial charge in [-0.2, -0.15) is 9.78 Å². The molecule has 9 nitrogen and oxygen atoms in total. The van der Waals surface area contributed by atoms with Gasteiger partial charge in [-0.15, -0.1) is 0 Å². The number of ether oxygens (including phenoxy) is 3. The first-order chi connectivity index (χ1) is 19.3. The quantitative estimate of drug-likeness (QED) is 0.144. The van der Waals surface area contributed by atoms with Crippen LogP contribution in [0.25, 0.3) is 33.5 Å². The van der Waals surface area contributed by atoms with Gasteiger partial charge in [-0.05, 0) is 67.9 Å². The number of halogens is 2. The Hall–Kier alpha value is -4.15. The molecule has 5 rings (SSSR count).